The number of hydrogen-bond donors (Lipinski definition) is 2. The van der Waals surface area contributed by atoms with Crippen LogP contribution in [0.3, 0.4) is 0 Å². The van der Waals surface area contributed by atoms with Crippen LogP contribution in [0.2, 0.25) is 0 Å². The van der Waals surface area contributed by atoms with Gasteiger partial charge in [-0.05, 0) is 43.4 Å². The Hall–Kier alpha value is -2.58. The van der Waals surface area contributed by atoms with Gasteiger partial charge in [0.05, 0.1) is 46.9 Å². The molecule has 0 radical (unpaired) electrons. The minimum atomic E-state index is -0.454. The van der Waals surface area contributed by atoms with Gasteiger partial charge in [-0.2, -0.15) is 0 Å². The van der Waals surface area contributed by atoms with Crippen LogP contribution in [0.15, 0.2) is 23.6 Å². The van der Waals surface area contributed by atoms with Gasteiger partial charge in [0.25, 0.3) is 0 Å². The Bertz CT molecular complexity index is 934. The maximum absolute atomic E-state index is 12.8. The molecule has 0 atom stereocenters. The summed E-state index contributed by atoms with van der Waals surface area (Å²) in [6.07, 6.45) is 2.85. The number of benzene rings is 1. The quantitative estimate of drug-likeness (QED) is 0.561. The summed E-state index contributed by atoms with van der Waals surface area (Å²) in [5.41, 5.74) is 1.85. The van der Waals surface area contributed by atoms with Gasteiger partial charge in [-0.3, -0.25) is 4.79 Å². The Morgan fingerprint density at radius 1 is 1.16 bits per heavy atom. The molecular weight excluding hydrogens is 428 g/mol. The van der Waals surface area contributed by atoms with Crippen molar-refractivity contribution in [2.24, 2.45) is 5.92 Å². The van der Waals surface area contributed by atoms with Gasteiger partial charge < -0.3 is 24.4 Å². The van der Waals surface area contributed by atoms with Crippen LogP contribution in [0.25, 0.3) is 11.1 Å². The van der Waals surface area contributed by atoms with Crippen LogP contribution in [-0.2, 0) is 9.53 Å². The molecule has 7 nitrogen and oxygen atoms in total. The molecule has 1 aliphatic rings. The van der Waals surface area contributed by atoms with Crippen molar-refractivity contribution in [3.05, 3.63) is 29.1 Å². The van der Waals surface area contributed by atoms with E-state index in [9.17, 15) is 9.59 Å². The highest BCUT2D eigenvalue weighted by Crippen LogP contribution is 2.39. The number of ether oxygens (including phenoxy) is 3. The zero-order valence-corrected chi connectivity index (χ0v) is 20.1. The van der Waals surface area contributed by atoms with Crippen LogP contribution < -0.4 is 19.7 Å². The fourth-order valence-electron chi connectivity index (χ4n) is 3.97. The molecule has 3 rings (SSSR count). The van der Waals surface area contributed by atoms with Gasteiger partial charge in [0.15, 0.2) is 11.5 Å². The monoisotopic (exact) mass is 461 g/mol. The molecule has 0 aliphatic carbocycles. The molecular formula is C24H33N2O5S+. The molecule has 8 heteroatoms. The first-order valence-electron chi connectivity index (χ1n) is 11.1. The summed E-state index contributed by atoms with van der Waals surface area (Å²) in [6, 6.07) is 5.47. The molecule has 2 aromatic rings. The van der Waals surface area contributed by atoms with Gasteiger partial charge >= 0.3 is 5.97 Å². The maximum atomic E-state index is 12.8. The number of piperidine rings is 1. The molecule has 174 valence electrons. The fourth-order valence-corrected chi connectivity index (χ4v) is 4.95. The van der Waals surface area contributed by atoms with Crippen molar-refractivity contribution in [3.8, 4) is 22.6 Å². The van der Waals surface area contributed by atoms with E-state index < -0.39 is 5.97 Å². The SMILES string of the molecule is CCOC(=O)c1c(-c2ccc(OC)c(OC)c2)csc1NC(=O)CC[NH+]1CCC(C)CC1. The Kier molecular flexibility index (Phi) is 8.53. The molecule has 1 aromatic carbocycles. The number of nitrogens with one attached hydrogen (secondary N) is 2. The standard InChI is InChI=1S/C24H32N2O5S/c1-5-31-24(28)22-18(17-6-7-19(29-3)20(14-17)30-4)15-32-23(22)25-21(27)10-13-26-11-8-16(2)9-12-26/h6-7,14-16H,5,8-13H2,1-4H3,(H,25,27)/p+1. The number of thiophene rings is 1. The average molecular weight is 462 g/mol. The smallest absolute Gasteiger partial charge is 0.341 e. The zero-order chi connectivity index (χ0) is 23.1. The maximum Gasteiger partial charge on any atom is 0.341 e. The van der Waals surface area contributed by atoms with Crippen molar-refractivity contribution in [1.82, 2.24) is 0 Å². The molecule has 0 unspecified atom stereocenters. The summed E-state index contributed by atoms with van der Waals surface area (Å²) in [4.78, 5) is 26.9. The number of quaternary nitrogens is 1. The van der Waals surface area contributed by atoms with E-state index in [1.165, 1.54) is 29.1 Å². The second-order valence-corrected chi connectivity index (χ2v) is 9.00. The summed E-state index contributed by atoms with van der Waals surface area (Å²) < 4.78 is 16.0. The highest BCUT2D eigenvalue weighted by molar-refractivity contribution is 7.15. The molecule has 0 bridgehead atoms. The molecule has 0 spiro atoms. The second kappa shape index (κ2) is 11.3. The van der Waals surface area contributed by atoms with Crippen molar-refractivity contribution < 1.29 is 28.7 Å². The predicted octanol–water partition coefficient (Wildman–Crippen LogP) is 3.25. The highest BCUT2D eigenvalue weighted by Gasteiger charge is 2.24. The van der Waals surface area contributed by atoms with Crippen molar-refractivity contribution in [2.45, 2.75) is 33.1 Å². The Morgan fingerprint density at radius 3 is 2.53 bits per heavy atom. The highest BCUT2D eigenvalue weighted by atomic mass is 32.1. The van der Waals surface area contributed by atoms with Crippen molar-refractivity contribution >= 4 is 28.2 Å². The van der Waals surface area contributed by atoms with Crippen molar-refractivity contribution in [2.75, 3.05) is 45.8 Å². The minimum absolute atomic E-state index is 0.0811. The molecule has 1 aliphatic heterocycles. The van der Waals surface area contributed by atoms with E-state index in [1.54, 1.807) is 27.2 Å². The number of likely N-dealkylation sites (tertiary alicyclic amines) is 1. The van der Waals surface area contributed by atoms with Crippen LogP contribution in [0.5, 0.6) is 11.5 Å². The van der Waals surface area contributed by atoms with E-state index in [0.29, 0.717) is 34.0 Å². The number of esters is 1. The van der Waals surface area contributed by atoms with E-state index in [2.05, 4.69) is 12.2 Å². The topological polar surface area (TPSA) is 78.3 Å². The van der Waals surface area contributed by atoms with E-state index in [4.69, 9.17) is 14.2 Å². The number of hydrogen-bond acceptors (Lipinski definition) is 6. The number of amides is 1. The lowest BCUT2D eigenvalue weighted by Gasteiger charge is -2.27. The Labute approximate surface area is 193 Å². The third-order valence-corrected chi connectivity index (χ3v) is 6.80. The lowest BCUT2D eigenvalue weighted by atomic mass is 9.99. The Balaban J connectivity index is 1.78. The lowest BCUT2D eigenvalue weighted by molar-refractivity contribution is -0.905. The van der Waals surface area contributed by atoms with Crippen LogP contribution >= 0.6 is 11.3 Å². The molecule has 1 saturated heterocycles. The summed E-state index contributed by atoms with van der Waals surface area (Å²) in [5, 5.41) is 5.32. The van der Waals surface area contributed by atoms with Gasteiger partial charge in [0, 0.05) is 10.9 Å². The van der Waals surface area contributed by atoms with Crippen LogP contribution in [0, 0.1) is 5.92 Å². The first-order chi connectivity index (χ1) is 15.5. The zero-order valence-electron chi connectivity index (χ0n) is 19.3. The van der Waals surface area contributed by atoms with Gasteiger partial charge in [-0.1, -0.05) is 13.0 Å². The minimum Gasteiger partial charge on any atom is -0.493 e. The molecule has 1 fully saturated rings. The van der Waals surface area contributed by atoms with Crippen molar-refractivity contribution in [1.29, 1.82) is 0 Å². The summed E-state index contributed by atoms with van der Waals surface area (Å²) >= 11 is 1.33. The molecule has 1 aromatic heterocycles. The van der Waals surface area contributed by atoms with Gasteiger partial charge in [-0.25, -0.2) is 4.79 Å². The third-order valence-electron chi connectivity index (χ3n) is 5.91. The van der Waals surface area contributed by atoms with E-state index >= 15 is 0 Å². The largest absolute Gasteiger partial charge is 0.493 e. The lowest BCUT2D eigenvalue weighted by Crippen LogP contribution is -3.13. The fraction of sp³-hybridized carbons (Fsp3) is 0.500. The normalized spacial score (nSPS) is 18.1. The molecule has 0 saturated carbocycles. The number of carbonyl (C=O) groups excluding carboxylic acids is 2. The van der Waals surface area contributed by atoms with E-state index in [1.807, 2.05) is 17.5 Å². The Morgan fingerprint density at radius 2 is 1.88 bits per heavy atom. The van der Waals surface area contributed by atoms with Crippen LogP contribution in [0.4, 0.5) is 5.00 Å². The summed E-state index contributed by atoms with van der Waals surface area (Å²) in [5.74, 6) is 1.41. The number of anilines is 1. The van der Waals surface area contributed by atoms with Crippen molar-refractivity contribution in [3.63, 3.8) is 0 Å². The van der Waals surface area contributed by atoms with Crippen LogP contribution in [0.1, 0.15) is 43.5 Å². The number of methoxy groups -OCH3 is 2. The third kappa shape index (κ3) is 5.81. The second-order valence-electron chi connectivity index (χ2n) is 8.12. The van der Waals surface area contributed by atoms with Crippen LogP contribution in [-0.4, -0.2) is 52.3 Å². The number of rotatable bonds is 9. The first kappa shape index (κ1) is 24.1. The van der Waals surface area contributed by atoms with Gasteiger partial charge in [0.1, 0.15) is 10.6 Å². The molecule has 2 N–H and O–H groups in total. The predicted molar refractivity (Wildman–Crippen MR) is 126 cm³/mol. The van der Waals surface area contributed by atoms with Gasteiger partial charge in [0.2, 0.25) is 5.91 Å². The van der Waals surface area contributed by atoms with E-state index in [0.717, 1.165) is 31.1 Å². The molecule has 2 heterocycles. The average Bonchev–Trinajstić information content (AvgIpc) is 3.21. The van der Waals surface area contributed by atoms with E-state index in [-0.39, 0.29) is 12.5 Å². The first-order valence-corrected chi connectivity index (χ1v) is 12.0. The summed E-state index contributed by atoms with van der Waals surface area (Å²) in [7, 11) is 3.14. The van der Waals surface area contributed by atoms with Gasteiger partial charge in [-0.15, -0.1) is 11.3 Å². The molecule has 1 amide bonds. The number of carbonyl (C=O) groups is 2. The summed E-state index contributed by atoms with van der Waals surface area (Å²) in [6.45, 7) is 7.34. The molecule has 32 heavy (non-hydrogen) atoms.